The minimum atomic E-state index is -0.250. The largest absolute Gasteiger partial charge is 0.366 e. The van der Waals surface area contributed by atoms with Gasteiger partial charge in [0.2, 0.25) is 11.8 Å². The van der Waals surface area contributed by atoms with Crippen molar-refractivity contribution in [2.45, 2.75) is 12.8 Å². The van der Waals surface area contributed by atoms with Crippen molar-refractivity contribution in [3.05, 3.63) is 59.9 Å². The molecule has 2 aliphatic heterocycles. The first-order chi connectivity index (χ1) is 13.1. The van der Waals surface area contributed by atoms with Crippen LogP contribution in [0.3, 0.4) is 0 Å². The number of fused-ring (bicyclic) bond motifs is 1. The highest BCUT2D eigenvalue weighted by Crippen LogP contribution is 2.28. The number of benzene rings is 2. The molecule has 5 nitrogen and oxygen atoms in total. The molecule has 0 aliphatic carbocycles. The van der Waals surface area contributed by atoms with Crippen LogP contribution in [0.5, 0.6) is 0 Å². The predicted molar refractivity (Wildman–Crippen MR) is 102 cm³/mol. The second-order valence-corrected chi connectivity index (χ2v) is 6.92. The van der Waals surface area contributed by atoms with Crippen LogP contribution in [0.1, 0.15) is 12.0 Å². The van der Waals surface area contributed by atoms with Crippen LogP contribution in [0.25, 0.3) is 0 Å². The lowest BCUT2D eigenvalue weighted by Crippen LogP contribution is -2.50. The number of carbonyl (C=O) groups is 2. The number of anilines is 2. The number of amides is 2. The third-order valence-electron chi connectivity index (χ3n) is 5.32. The van der Waals surface area contributed by atoms with Crippen LogP contribution in [-0.2, 0) is 16.0 Å². The highest BCUT2D eigenvalue weighted by atomic mass is 19.1. The van der Waals surface area contributed by atoms with Gasteiger partial charge in [0.1, 0.15) is 12.2 Å². The Morgan fingerprint density at radius 3 is 2.22 bits per heavy atom. The highest BCUT2D eigenvalue weighted by molar-refractivity contribution is 6.06. The Bertz CT molecular complexity index is 862. The molecule has 6 heteroatoms. The van der Waals surface area contributed by atoms with Gasteiger partial charge < -0.3 is 14.7 Å². The summed E-state index contributed by atoms with van der Waals surface area (Å²) in [7, 11) is 0. The Labute approximate surface area is 158 Å². The third kappa shape index (κ3) is 3.52. The van der Waals surface area contributed by atoms with Crippen LogP contribution in [-0.4, -0.2) is 49.4 Å². The topological polar surface area (TPSA) is 43.9 Å². The van der Waals surface area contributed by atoms with Gasteiger partial charge in [-0.3, -0.25) is 9.59 Å². The molecule has 2 heterocycles. The molecule has 0 radical (unpaired) electrons. The van der Waals surface area contributed by atoms with Gasteiger partial charge in [-0.1, -0.05) is 30.3 Å². The Hall–Kier alpha value is -2.89. The number of piperazine rings is 1. The third-order valence-corrected chi connectivity index (χ3v) is 5.32. The standard InChI is InChI=1S/C21H22FN3O2/c22-17-6-2-4-8-19(17)23-11-13-24(14-12-23)20(26)15-21(27)25-10-9-16-5-1-3-7-18(16)25/h1-8H,9-15H2. The number of rotatable bonds is 3. The average Bonchev–Trinajstić information content (AvgIpc) is 3.13. The van der Waals surface area contributed by atoms with E-state index in [2.05, 4.69) is 0 Å². The molecule has 1 fully saturated rings. The van der Waals surface area contributed by atoms with E-state index in [1.54, 1.807) is 21.9 Å². The first-order valence-electron chi connectivity index (χ1n) is 9.29. The highest BCUT2D eigenvalue weighted by Gasteiger charge is 2.29. The van der Waals surface area contributed by atoms with Crippen molar-refractivity contribution >= 4 is 23.2 Å². The number of halogens is 1. The minimum Gasteiger partial charge on any atom is -0.366 e. The fraction of sp³-hybridized carbons (Fsp3) is 0.333. The molecule has 0 N–H and O–H groups in total. The monoisotopic (exact) mass is 367 g/mol. The Morgan fingerprint density at radius 1 is 0.815 bits per heavy atom. The van der Waals surface area contributed by atoms with Gasteiger partial charge >= 0.3 is 0 Å². The summed E-state index contributed by atoms with van der Waals surface area (Å²) >= 11 is 0. The molecule has 2 aromatic rings. The van der Waals surface area contributed by atoms with Gasteiger partial charge in [0.25, 0.3) is 0 Å². The molecular formula is C21H22FN3O2. The molecule has 2 aliphatic rings. The fourth-order valence-corrected chi connectivity index (χ4v) is 3.84. The molecule has 2 amide bonds. The molecule has 2 aromatic carbocycles. The van der Waals surface area contributed by atoms with E-state index in [9.17, 15) is 14.0 Å². The van der Waals surface area contributed by atoms with Gasteiger partial charge in [-0.05, 0) is 30.2 Å². The first-order valence-corrected chi connectivity index (χ1v) is 9.29. The Kier molecular flexibility index (Phi) is 4.79. The number of hydrogen-bond donors (Lipinski definition) is 0. The fourth-order valence-electron chi connectivity index (χ4n) is 3.84. The molecule has 140 valence electrons. The van der Waals surface area contributed by atoms with Crippen LogP contribution < -0.4 is 9.80 Å². The number of para-hydroxylation sites is 2. The molecule has 0 spiro atoms. The van der Waals surface area contributed by atoms with E-state index in [0.717, 1.165) is 17.7 Å². The van der Waals surface area contributed by atoms with Gasteiger partial charge in [0.05, 0.1) is 5.69 Å². The predicted octanol–water partition coefficient (Wildman–Crippen LogP) is 2.45. The molecule has 0 bridgehead atoms. The molecule has 27 heavy (non-hydrogen) atoms. The molecule has 4 rings (SSSR count). The van der Waals surface area contributed by atoms with E-state index in [1.807, 2.05) is 35.2 Å². The lowest BCUT2D eigenvalue weighted by Gasteiger charge is -2.36. The smallest absolute Gasteiger partial charge is 0.236 e. The van der Waals surface area contributed by atoms with E-state index in [-0.39, 0.29) is 24.1 Å². The average molecular weight is 367 g/mol. The van der Waals surface area contributed by atoms with Crippen molar-refractivity contribution in [3.8, 4) is 0 Å². The molecule has 1 saturated heterocycles. The normalized spacial score (nSPS) is 16.4. The van der Waals surface area contributed by atoms with E-state index in [0.29, 0.717) is 38.4 Å². The van der Waals surface area contributed by atoms with Gasteiger partial charge in [0.15, 0.2) is 0 Å². The minimum absolute atomic E-state index is 0.117. The molecule has 0 unspecified atom stereocenters. The van der Waals surface area contributed by atoms with E-state index in [1.165, 1.54) is 6.07 Å². The summed E-state index contributed by atoms with van der Waals surface area (Å²) < 4.78 is 13.9. The van der Waals surface area contributed by atoms with Crippen LogP contribution in [0.4, 0.5) is 15.8 Å². The quantitative estimate of drug-likeness (QED) is 0.783. The van der Waals surface area contributed by atoms with Crippen LogP contribution >= 0.6 is 0 Å². The number of carbonyl (C=O) groups excluding carboxylic acids is 2. The summed E-state index contributed by atoms with van der Waals surface area (Å²) in [4.78, 5) is 30.5. The van der Waals surface area contributed by atoms with Gasteiger partial charge in [-0.2, -0.15) is 0 Å². The summed E-state index contributed by atoms with van der Waals surface area (Å²) in [5.41, 5.74) is 2.63. The maximum absolute atomic E-state index is 13.9. The summed E-state index contributed by atoms with van der Waals surface area (Å²) in [6, 6.07) is 14.5. The van der Waals surface area contributed by atoms with Gasteiger partial charge in [0, 0.05) is 38.4 Å². The second-order valence-electron chi connectivity index (χ2n) is 6.92. The second kappa shape index (κ2) is 7.39. The molecular weight excluding hydrogens is 345 g/mol. The lowest BCUT2D eigenvalue weighted by molar-refractivity contribution is -0.135. The summed E-state index contributed by atoms with van der Waals surface area (Å²) in [6.45, 7) is 2.75. The summed E-state index contributed by atoms with van der Waals surface area (Å²) in [5.74, 6) is -0.556. The Balaban J connectivity index is 1.34. The Morgan fingerprint density at radius 2 is 1.48 bits per heavy atom. The molecule has 0 atom stereocenters. The van der Waals surface area contributed by atoms with Gasteiger partial charge in [-0.15, -0.1) is 0 Å². The van der Waals surface area contributed by atoms with Crippen LogP contribution in [0, 0.1) is 5.82 Å². The van der Waals surface area contributed by atoms with Gasteiger partial charge in [-0.25, -0.2) is 4.39 Å². The summed E-state index contributed by atoms with van der Waals surface area (Å²) in [6.07, 6.45) is 0.714. The lowest BCUT2D eigenvalue weighted by atomic mass is 10.2. The molecule has 0 aromatic heterocycles. The maximum atomic E-state index is 13.9. The van der Waals surface area contributed by atoms with Crippen molar-refractivity contribution in [3.63, 3.8) is 0 Å². The van der Waals surface area contributed by atoms with E-state index >= 15 is 0 Å². The zero-order chi connectivity index (χ0) is 18.8. The van der Waals surface area contributed by atoms with Crippen LogP contribution in [0.2, 0.25) is 0 Å². The zero-order valence-electron chi connectivity index (χ0n) is 15.1. The maximum Gasteiger partial charge on any atom is 0.236 e. The van der Waals surface area contributed by atoms with E-state index < -0.39 is 0 Å². The van der Waals surface area contributed by atoms with Crippen molar-refractivity contribution in [2.24, 2.45) is 0 Å². The zero-order valence-corrected chi connectivity index (χ0v) is 15.1. The first kappa shape index (κ1) is 17.5. The summed E-state index contributed by atoms with van der Waals surface area (Å²) in [5, 5.41) is 0. The van der Waals surface area contributed by atoms with E-state index in [4.69, 9.17) is 0 Å². The van der Waals surface area contributed by atoms with Crippen molar-refractivity contribution in [1.82, 2.24) is 4.90 Å². The SMILES string of the molecule is O=C(CC(=O)N1CCc2ccccc21)N1CCN(c2ccccc2F)CC1. The number of hydrogen-bond acceptors (Lipinski definition) is 3. The van der Waals surface area contributed by atoms with Crippen molar-refractivity contribution in [1.29, 1.82) is 0 Å². The molecule has 0 saturated carbocycles. The van der Waals surface area contributed by atoms with Crippen molar-refractivity contribution in [2.75, 3.05) is 42.5 Å². The number of nitrogens with zero attached hydrogens (tertiary/aromatic N) is 3. The van der Waals surface area contributed by atoms with Crippen LogP contribution in [0.15, 0.2) is 48.5 Å². The van der Waals surface area contributed by atoms with Crippen molar-refractivity contribution < 1.29 is 14.0 Å².